The van der Waals surface area contributed by atoms with E-state index in [1.165, 1.54) is 0 Å². The summed E-state index contributed by atoms with van der Waals surface area (Å²) in [5.74, 6) is -0.123. The van der Waals surface area contributed by atoms with Gasteiger partial charge >= 0.3 is 6.18 Å². The summed E-state index contributed by atoms with van der Waals surface area (Å²) in [5.41, 5.74) is -2.94. The van der Waals surface area contributed by atoms with Gasteiger partial charge in [-0.2, -0.15) is 25.8 Å². The Morgan fingerprint density at radius 3 is 2.47 bits per heavy atom. The maximum atomic E-state index is 12.4. The molecule has 8 heteroatoms. The van der Waals surface area contributed by atoms with Crippen LogP contribution in [-0.4, -0.2) is 27.1 Å². The molecule has 0 saturated heterocycles. The number of hydrogen-bond acceptors (Lipinski definition) is 4. The first-order valence-corrected chi connectivity index (χ1v) is 5.17. The van der Waals surface area contributed by atoms with Gasteiger partial charge in [0, 0.05) is 17.5 Å². The van der Waals surface area contributed by atoms with E-state index in [0.29, 0.717) is 6.07 Å². The molecule has 0 spiro atoms. The molecular formula is C9H10F3NO3S. The Morgan fingerprint density at radius 1 is 1.41 bits per heavy atom. The molecule has 4 nitrogen and oxygen atoms in total. The maximum absolute atomic E-state index is 12.4. The quantitative estimate of drug-likeness (QED) is 0.611. The van der Waals surface area contributed by atoms with E-state index < -0.39 is 29.5 Å². The zero-order valence-electron chi connectivity index (χ0n) is 8.40. The van der Waals surface area contributed by atoms with Gasteiger partial charge in [-0.1, -0.05) is 0 Å². The van der Waals surface area contributed by atoms with Gasteiger partial charge in [0.15, 0.2) is 0 Å². The Balaban J connectivity index is 3.18. The van der Waals surface area contributed by atoms with Crippen molar-refractivity contribution in [3.63, 3.8) is 0 Å². The molecule has 2 atom stereocenters. The SMILES string of the molecule is O=c1[nH]cc(C(O)C(O)CS)cc1C(F)(F)F. The minimum absolute atomic E-state index is 0.123. The van der Waals surface area contributed by atoms with Gasteiger partial charge in [-0.15, -0.1) is 0 Å². The van der Waals surface area contributed by atoms with Crippen molar-refractivity contribution in [3.05, 3.63) is 33.7 Å². The van der Waals surface area contributed by atoms with E-state index >= 15 is 0 Å². The van der Waals surface area contributed by atoms with E-state index in [1.807, 2.05) is 4.98 Å². The van der Waals surface area contributed by atoms with Crippen molar-refractivity contribution in [1.82, 2.24) is 4.98 Å². The second-order valence-corrected chi connectivity index (χ2v) is 3.73. The van der Waals surface area contributed by atoms with Crippen LogP contribution in [0.3, 0.4) is 0 Å². The first kappa shape index (κ1) is 14.1. The van der Waals surface area contributed by atoms with Gasteiger partial charge < -0.3 is 15.2 Å². The van der Waals surface area contributed by atoms with Crippen molar-refractivity contribution in [1.29, 1.82) is 0 Å². The predicted octanol–water partition coefficient (Wildman–Crippen LogP) is 0.718. The maximum Gasteiger partial charge on any atom is 0.421 e. The molecule has 1 aromatic heterocycles. The van der Waals surface area contributed by atoms with Crippen molar-refractivity contribution in [3.8, 4) is 0 Å². The van der Waals surface area contributed by atoms with Gasteiger partial charge in [0.1, 0.15) is 11.7 Å². The number of nitrogens with one attached hydrogen (secondary N) is 1. The average Bonchev–Trinajstić information content (AvgIpc) is 2.26. The van der Waals surface area contributed by atoms with E-state index in [-0.39, 0.29) is 11.3 Å². The summed E-state index contributed by atoms with van der Waals surface area (Å²) in [7, 11) is 0. The number of hydrogen-bond donors (Lipinski definition) is 4. The molecule has 96 valence electrons. The third-order valence-corrected chi connectivity index (χ3v) is 2.50. The van der Waals surface area contributed by atoms with Crippen LogP contribution in [0.4, 0.5) is 13.2 Å². The van der Waals surface area contributed by atoms with Crippen molar-refractivity contribution < 1.29 is 23.4 Å². The van der Waals surface area contributed by atoms with E-state index in [0.717, 1.165) is 6.20 Å². The monoisotopic (exact) mass is 269 g/mol. The van der Waals surface area contributed by atoms with Crippen LogP contribution in [0.15, 0.2) is 17.1 Å². The molecule has 0 aliphatic heterocycles. The fourth-order valence-electron chi connectivity index (χ4n) is 1.20. The van der Waals surface area contributed by atoms with Crippen LogP contribution < -0.4 is 5.56 Å². The van der Waals surface area contributed by atoms with Gasteiger partial charge in [0.2, 0.25) is 0 Å². The number of aromatic nitrogens is 1. The molecule has 0 bridgehead atoms. The summed E-state index contributed by atoms with van der Waals surface area (Å²) < 4.78 is 37.2. The summed E-state index contributed by atoms with van der Waals surface area (Å²) in [5, 5.41) is 18.7. The lowest BCUT2D eigenvalue weighted by Crippen LogP contribution is -2.25. The molecule has 0 radical (unpaired) electrons. The Kier molecular flexibility index (Phi) is 4.23. The molecule has 1 rings (SSSR count). The van der Waals surface area contributed by atoms with Crippen LogP contribution in [-0.2, 0) is 6.18 Å². The summed E-state index contributed by atoms with van der Waals surface area (Å²) >= 11 is 3.70. The van der Waals surface area contributed by atoms with E-state index in [4.69, 9.17) is 0 Å². The number of halogens is 3. The minimum atomic E-state index is -4.81. The van der Waals surface area contributed by atoms with Gasteiger partial charge in [-0.25, -0.2) is 0 Å². The Labute approximate surface area is 99.5 Å². The summed E-state index contributed by atoms with van der Waals surface area (Å²) in [6.07, 6.45) is -6.74. The number of aromatic amines is 1. The normalized spacial score (nSPS) is 15.6. The van der Waals surface area contributed by atoms with Crippen LogP contribution in [0.25, 0.3) is 0 Å². The highest BCUT2D eigenvalue weighted by Gasteiger charge is 2.35. The Bertz CT molecular complexity index is 446. The topological polar surface area (TPSA) is 73.3 Å². The number of pyridine rings is 1. The average molecular weight is 269 g/mol. The zero-order chi connectivity index (χ0) is 13.2. The first-order valence-electron chi connectivity index (χ1n) is 4.54. The largest absolute Gasteiger partial charge is 0.421 e. The number of rotatable bonds is 3. The number of thiol groups is 1. The lowest BCUT2D eigenvalue weighted by molar-refractivity contribution is -0.138. The third kappa shape index (κ3) is 3.24. The fourth-order valence-corrected chi connectivity index (χ4v) is 1.40. The molecule has 1 heterocycles. The molecule has 0 aliphatic rings. The van der Waals surface area contributed by atoms with Crippen LogP contribution in [0.2, 0.25) is 0 Å². The lowest BCUT2D eigenvalue weighted by atomic mass is 10.1. The van der Waals surface area contributed by atoms with Gasteiger partial charge in [0.25, 0.3) is 5.56 Å². The van der Waals surface area contributed by atoms with E-state index in [9.17, 15) is 28.2 Å². The lowest BCUT2D eigenvalue weighted by Gasteiger charge is -2.17. The number of aliphatic hydroxyl groups excluding tert-OH is 2. The zero-order valence-corrected chi connectivity index (χ0v) is 9.29. The number of aliphatic hydroxyl groups is 2. The van der Waals surface area contributed by atoms with Crippen molar-refractivity contribution in [2.75, 3.05) is 5.75 Å². The third-order valence-electron chi connectivity index (χ3n) is 2.12. The van der Waals surface area contributed by atoms with Gasteiger partial charge in [-0.05, 0) is 6.07 Å². The standard InChI is InChI=1S/C9H10F3NO3S/c10-9(11,12)5-1-4(2-13-8(5)16)7(15)6(14)3-17/h1-2,6-7,14-15,17H,3H2,(H,13,16). The second kappa shape index (κ2) is 5.11. The van der Waals surface area contributed by atoms with Crippen molar-refractivity contribution >= 4 is 12.6 Å². The predicted molar refractivity (Wildman–Crippen MR) is 56.9 cm³/mol. The minimum Gasteiger partial charge on any atom is -0.389 e. The summed E-state index contributed by atoms with van der Waals surface area (Å²) in [4.78, 5) is 12.8. The Morgan fingerprint density at radius 2 is 2.00 bits per heavy atom. The van der Waals surface area contributed by atoms with Crippen molar-refractivity contribution in [2.24, 2.45) is 0 Å². The van der Waals surface area contributed by atoms with Crippen LogP contribution in [0, 0.1) is 0 Å². The van der Waals surface area contributed by atoms with Crippen LogP contribution in [0.5, 0.6) is 0 Å². The van der Waals surface area contributed by atoms with Gasteiger partial charge in [0.05, 0.1) is 6.10 Å². The molecule has 1 aromatic rings. The van der Waals surface area contributed by atoms with Crippen molar-refractivity contribution in [2.45, 2.75) is 18.4 Å². The molecular weight excluding hydrogens is 259 g/mol. The molecule has 0 saturated carbocycles. The molecule has 0 fully saturated rings. The fraction of sp³-hybridized carbons (Fsp3) is 0.444. The highest BCUT2D eigenvalue weighted by atomic mass is 32.1. The highest BCUT2D eigenvalue weighted by Crippen LogP contribution is 2.28. The summed E-state index contributed by atoms with van der Waals surface area (Å²) in [6.45, 7) is 0. The smallest absolute Gasteiger partial charge is 0.389 e. The number of H-pyrrole nitrogens is 1. The molecule has 0 amide bonds. The highest BCUT2D eigenvalue weighted by molar-refractivity contribution is 7.80. The molecule has 2 unspecified atom stereocenters. The Hall–Kier alpha value is -0.990. The second-order valence-electron chi connectivity index (χ2n) is 3.37. The van der Waals surface area contributed by atoms with E-state index in [1.54, 1.807) is 0 Å². The first-order chi connectivity index (χ1) is 7.77. The van der Waals surface area contributed by atoms with Gasteiger partial charge in [-0.3, -0.25) is 4.79 Å². The van der Waals surface area contributed by atoms with E-state index in [2.05, 4.69) is 12.6 Å². The molecule has 0 aromatic carbocycles. The number of alkyl halides is 3. The molecule has 3 N–H and O–H groups in total. The summed E-state index contributed by atoms with van der Waals surface area (Å²) in [6, 6.07) is 0.510. The molecule has 0 aliphatic carbocycles. The van der Waals surface area contributed by atoms with Crippen LogP contribution >= 0.6 is 12.6 Å². The van der Waals surface area contributed by atoms with Crippen LogP contribution in [0.1, 0.15) is 17.2 Å². The molecule has 17 heavy (non-hydrogen) atoms.